The van der Waals surface area contributed by atoms with E-state index in [9.17, 15) is 0 Å². The highest BCUT2D eigenvalue weighted by molar-refractivity contribution is 6.30. The van der Waals surface area contributed by atoms with Crippen LogP contribution in [0.3, 0.4) is 0 Å². The summed E-state index contributed by atoms with van der Waals surface area (Å²) in [5, 5.41) is 4.19. The van der Waals surface area contributed by atoms with Crippen LogP contribution in [0, 0.1) is 0 Å². The summed E-state index contributed by atoms with van der Waals surface area (Å²) < 4.78 is 11.6. The van der Waals surface area contributed by atoms with E-state index in [4.69, 9.17) is 21.1 Å². The molecular formula is C21H27ClN2O2. The SMILES string of the molecule is CCOc1ccc(C(c2ccc(Cl)cc2)N2CCNCC2)cc1OCC. The van der Waals surface area contributed by atoms with Crippen LogP contribution >= 0.6 is 11.6 Å². The Labute approximate surface area is 161 Å². The highest BCUT2D eigenvalue weighted by atomic mass is 35.5. The largest absolute Gasteiger partial charge is 0.490 e. The minimum atomic E-state index is 0.171. The van der Waals surface area contributed by atoms with Crippen molar-refractivity contribution in [1.82, 2.24) is 10.2 Å². The third-order valence-corrected chi connectivity index (χ3v) is 4.84. The topological polar surface area (TPSA) is 33.7 Å². The molecule has 0 aromatic heterocycles. The van der Waals surface area contributed by atoms with Gasteiger partial charge in [0.15, 0.2) is 11.5 Å². The van der Waals surface area contributed by atoms with E-state index in [1.165, 1.54) is 11.1 Å². The van der Waals surface area contributed by atoms with Crippen LogP contribution in [0.1, 0.15) is 31.0 Å². The minimum absolute atomic E-state index is 0.171. The number of halogens is 1. The lowest BCUT2D eigenvalue weighted by Gasteiger charge is -2.36. The second-order valence-electron chi connectivity index (χ2n) is 6.31. The zero-order chi connectivity index (χ0) is 18.4. The fourth-order valence-corrected chi connectivity index (χ4v) is 3.56. The lowest BCUT2D eigenvalue weighted by molar-refractivity contribution is 0.198. The normalized spacial score (nSPS) is 16.3. The van der Waals surface area contributed by atoms with Gasteiger partial charge in [0.2, 0.25) is 0 Å². The first-order chi connectivity index (χ1) is 12.7. The van der Waals surface area contributed by atoms with Crippen molar-refractivity contribution in [2.45, 2.75) is 19.9 Å². The molecule has 1 heterocycles. The van der Waals surface area contributed by atoms with E-state index >= 15 is 0 Å². The molecule has 1 unspecified atom stereocenters. The van der Waals surface area contributed by atoms with Crippen LogP contribution in [0.15, 0.2) is 42.5 Å². The Morgan fingerprint density at radius 1 is 0.923 bits per heavy atom. The van der Waals surface area contributed by atoms with E-state index in [-0.39, 0.29) is 6.04 Å². The second kappa shape index (κ2) is 9.26. The number of hydrogen-bond acceptors (Lipinski definition) is 4. The molecule has 0 spiro atoms. The zero-order valence-corrected chi connectivity index (χ0v) is 16.3. The molecule has 1 N–H and O–H groups in total. The van der Waals surface area contributed by atoms with E-state index in [0.717, 1.165) is 42.7 Å². The molecule has 0 aliphatic carbocycles. The summed E-state index contributed by atoms with van der Waals surface area (Å²) in [6.07, 6.45) is 0. The van der Waals surface area contributed by atoms with Crippen molar-refractivity contribution in [3.05, 3.63) is 58.6 Å². The molecule has 1 aliphatic rings. The average molecular weight is 375 g/mol. The van der Waals surface area contributed by atoms with Gasteiger partial charge in [-0.3, -0.25) is 4.90 Å². The van der Waals surface area contributed by atoms with Gasteiger partial charge in [0, 0.05) is 31.2 Å². The fraction of sp³-hybridized carbons (Fsp3) is 0.429. The molecule has 0 bridgehead atoms. The monoisotopic (exact) mass is 374 g/mol. The van der Waals surface area contributed by atoms with Gasteiger partial charge in [0.1, 0.15) is 0 Å². The molecule has 2 aromatic carbocycles. The predicted octanol–water partition coefficient (Wildman–Crippen LogP) is 4.13. The van der Waals surface area contributed by atoms with Crippen LogP contribution in [0.5, 0.6) is 11.5 Å². The molecule has 2 aromatic rings. The molecule has 1 aliphatic heterocycles. The average Bonchev–Trinajstić information content (AvgIpc) is 2.67. The molecule has 0 radical (unpaired) electrons. The second-order valence-corrected chi connectivity index (χ2v) is 6.75. The fourth-order valence-electron chi connectivity index (χ4n) is 3.44. The van der Waals surface area contributed by atoms with E-state index in [1.807, 2.05) is 32.0 Å². The Kier molecular flexibility index (Phi) is 6.78. The number of benzene rings is 2. The molecule has 140 valence electrons. The van der Waals surface area contributed by atoms with Gasteiger partial charge >= 0.3 is 0 Å². The van der Waals surface area contributed by atoms with Gasteiger partial charge < -0.3 is 14.8 Å². The summed E-state index contributed by atoms with van der Waals surface area (Å²) in [6.45, 7) is 9.23. The van der Waals surface area contributed by atoms with Crippen molar-refractivity contribution in [3.63, 3.8) is 0 Å². The maximum absolute atomic E-state index is 6.11. The van der Waals surface area contributed by atoms with Gasteiger partial charge in [-0.2, -0.15) is 0 Å². The van der Waals surface area contributed by atoms with Crippen molar-refractivity contribution in [1.29, 1.82) is 0 Å². The standard InChI is InChI=1S/C21H27ClN2O2/c1-3-25-19-10-7-17(15-20(19)26-4-2)21(24-13-11-23-12-14-24)16-5-8-18(22)9-6-16/h5-10,15,21,23H,3-4,11-14H2,1-2H3. The molecule has 5 heteroatoms. The summed E-state index contributed by atoms with van der Waals surface area (Å²) in [5.41, 5.74) is 2.45. The Morgan fingerprint density at radius 3 is 2.19 bits per heavy atom. The van der Waals surface area contributed by atoms with Crippen LogP contribution in [0.4, 0.5) is 0 Å². The minimum Gasteiger partial charge on any atom is -0.490 e. The first kappa shape index (κ1) is 19.0. The molecule has 0 amide bonds. The Bertz CT molecular complexity index is 700. The lowest BCUT2D eigenvalue weighted by Crippen LogP contribution is -2.45. The Balaban J connectivity index is 2.00. The number of nitrogens with zero attached hydrogens (tertiary/aromatic N) is 1. The maximum atomic E-state index is 6.11. The number of piperazine rings is 1. The summed E-state index contributed by atoms with van der Waals surface area (Å²) in [7, 11) is 0. The van der Waals surface area contributed by atoms with Crippen LogP contribution in [0.25, 0.3) is 0 Å². The number of hydrogen-bond donors (Lipinski definition) is 1. The smallest absolute Gasteiger partial charge is 0.161 e. The van der Waals surface area contributed by atoms with E-state index in [0.29, 0.717) is 13.2 Å². The summed E-state index contributed by atoms with van der Waals surface area (Å²) in [4.78, 5) is 2.51. The van der Waals surface area contributed by atoms with E-state index < -0.39 is 0 Å². The van der Waals surface area contributed by atoms with Crippen molar-refractivity contribution in [2.24, 2.45) is 0 Å². The predicted molar refractivity (Wildman–Crippen MR) is 107 cm³/mol. The van der Waals surface area contributed by atoms with Crippen LogP contribution in [-0.2, 0) is 0 Å². The Hall–Kier alpha value is -1.75. The van der Waals surface area contributed by atoms with E-state index in [1.54, 1.807) is 0 Å². The molecule has 1 saturated heterocycles. The highest BCUT2D eigenvalue weighted by Gasteiger charge is 2.25. The highest BCUT2D eigenvalue weighted by Crippen LogP contribution is 2.36. The first-order valence-corrected chi connectivity index (χ1v) is 9.70. The molecule has 1 atom stereocenters. The number of rotatable bonds is 7. The number of nitrogens with one attached hydrogen (secondary N) is 1. The number of ether oxygens (including phenoxy) is 2. The molecule has 1 fully saturated rings. The third-order valence-electron chi connectivity index (χ3n) is 4.59. The Morgan fingerprint density at radius 2 is 1.54 bits per heavy atom. The van der Waals surface area contributed by atoms with Crippen molar-refractivity contribution in [3.8, 4) is 11.5 Å². The van der Waals surface area contributed by atoms with Crippen molar-refractivity contribution < 1.29 is 9.47 Å². The summed E-state index contributed by atoms with van der Waals surface area (Å²) in [5.74, 6) is 1.61. The van der Waals surface area contributed by atoms with Crippen molar-refractivity contribution >= 4 is 11.6 Å². The lowest BCUT2D eigenvalue weighted by atomic mass is 9.96. The molecule has 3 rings (SSSR count). The van der Waals surface area contributed by atoms with Crippen LogP contribution < -0.4 is 14.8 Å². The molecule has 0 saturated carbocycles. The molecule has 4 nitrogen and oxygen atoms in total. The summed E-state index contributed by atoms with van der Waals surface area (Å²) in [6, 6.07) is 14.6. The van der Waals surface area contributed by atoms with Gasteiger partial charge in [0.25, 0.3) is 0 Å². The first-order valence-electron chi connectivity index (χ1n) is 9.32. The van der Waals surface area contributed by atoms with Gasteiger partial charge in [0.05, 0.1) is 19.3 Å². The maximum Gasteiger partial charge on any atom is 0.161 e. The van der Waals surface area contributed by atoms with Gasteiger partial charge in [-0.1, -0.05) is 29.8 Å². The van der Waals surface area contributed by atoms with Crippen LogP contribution in [0.2, 0.25) is 5.02 Å². The van der Waals surface area contributed by atoms with Crippen LogP contribution in [-0.4, -0.2) is 44.3 Å². The summed E-state index contributed by atoms with van der Waals surface area (Å²) >= 11 is 6.11. The third kappa shape index (κ3) is 4.50. The zero-order valence-electron chi connectivity index (χ0n) is 15.5. The van der Waals surface area contributed by atoms with Gasteiger partial charge in [-0.15, -0.1) is 0 Å². The quantitative estimate of drug-likeness (QED) is 0.790. The van der Waals surface area contributed by atoms with E-state index in [2.05, 4.69) is 34.5 Å². The van der Waals surface area contributed by atoms with Crippen molar-refractivity contribution in [2.75, 3.05) is 39.4 Å². The van der Waals surface area contributed by atoms with Gasteiger partial charge in [-0.25, -0.2) is 0 Å². The molecule has 26 heavy (non-hydrogen) atoms. The molecular weight excluding hydrogens is 348 g/mol. The van der Waals surface area contributed by atoms with Gasteiger partial charge in [-0.05, 0) is 49.2 Å².